The van der Waals surface area contributed by atoms with Crippen LogP contribution < -0.4 is 4.90 Å². The number of hydrogen-bond donors (Lipinski definition) is 0. The number of piperidine rings is 1. The number of benzene rings is 1. The van der Waals surface area contributed by atoms with Crippen molar-refractivity contribution >= 4 is 23.5 Å². The Labute approximate surface area is 150 Å². The molecule has 0 saturated carbocycles. The van der Waals surface area contributed by atoms with Crippen LogP contribution in [0, 0.1) is 5.92 Å². The maximum Gasteiger partial charge on any atom is 0.336 e. The first kappa shape index (κ1) is 16.3. The van der Waals surface area contributed by atoms with E-state index in [-0.39, 0.29) is 17.0 Å². The van der Waals surface area contributed by atoms with E-state index in [4.69, 9.17) is 4.84 Å². The highest BCUT2D eigenvalue weighted by molar-refractivity contribution is 6.20. The van der Waals surface area contributed by atoms with Crippen LogP contribution in [0.2, 0.25) is 0 Å². The Morgan fingerprint density at radius 2 is 1.54 bits per heavy atom. The zero-order valence-electron chi connectivity index (χ0n) is 14.0. The highest BCUT2D eigenvalue weighted by Gasteiger charge is 2.40. The number of pyridine rings is 1. The molecule has 0 aliphatic carbocycles. The van der Waals surface area contributed by atoms with Crippen LogP contribution in [0.5, 0.6) is 0 Å². The molecular weight excluding hydrogens is 334 g/mol. The topological polar surface area (TPSA) is 79.8 Å². The van der Waals surface area contributed by atoms with Crippen molar-refractivity contribution in [2.24, 2.45) is 5.92 Å². The van der Waals surface area contributed by atoms with Crippen LogP contribution in [0.4, 0.5) is 5.69 Å². The van der Waals surface area contributed by atoms with Crippen LogP contribution in [0.3, 0.4) is 0 Å². The lowest BCUT2D eigenvalue weighted by Crippen LogP contribution is -2.40. The van der Waals surface area contributed by atoms with Gasteiger partial charge in [-0.15, -0.1) is 0 Å². The van der Waals surface area contributed by atoms with Gasteiger partial charge in [0.15, 0.2) is 0 Å². The monoisotopic (exact) mass is 351 g/mol. The summed E-state index contributed by atoms with van der Waals surface area (Å²) < 4.78 is 0. The number of hydrogen-bond acceptors (Lipinski definition) is 6. The smallest absolute Gasteiger partial charge is 0.336 e. The zero-order valence-corrected chi connectivity index (χ0v) is 14.0. The van der Waals surface area contributed by atoms with Gasteiger partial charge in [0.25, 0.3) is 11.8 Å². The van der Waals surface area contributed by atoms with Gasteiger partial charge >= 0.3 is 5.97 Å². The Morgan fingerprint density at radius 3 is 2.12 bits per heavy atom. The third-order valence-corrected chi connectivity index (χ3v) is 4.79. The molecular formula is C19H17N3O4. The number of anilines is 1. The fourth-order valence-corrected chi connectivity index (χ4v) is 3.34. The van der Waals surface area contributed by atoms with Crippen molar-refractivity contribution in [3.8, 4) is 0 Å². The fourth-order valence-electron chi connectivity index (χ4n) is 3.34. The van der Waals surface area contributed by atoms with Crippen LogP contribution in [0.15, 0.2) is 48.8 Å². The quantitative estimate of drug-likeness (QED) is 0.788. The molecule has 2 aliphatic rings. The van der Waals surface area contributed by atoms with Crippen molar-refractivity contribution in [1.29, 1.82) is 0 Å². The van der Waals surface area contributed by atoms with E-state index < -0.39 is 17.8 Å². The first-order valence-corrected chi connectivity index (χ1v) is 8.50. The SMILES string of the molecule is O=C(ON1C(=O)c2ccccc2C1=O)C1CCN(c2ccncc2)CC1. The molecule has 1 aromatic heterocycles. The van der Waals surface area contributed by atoms with Crippen LogP contribution >= 0.6 is 0 Å². The minimum absolute atomic E-state index is 0.262. The highest BCUT2D eigenvalue weighted by atomic mass is 16.7. The lowest BCUT2D eigenvalue weighted by atomic mass is 9.97. The summed E-state index contributed by atoms with van der Waals surface area (Å²) in [6, 6.07) is 10.3. The number of rotatable bonds is 3. The molecule has 0 radical (unpaired) electrons. The maximum atomic E-state index is 12.4. The fraction of sp³-hybridized carbons (Fsp3) is 0.263. The number of amides is 2. The third-order valence-electron chi connectivity index (χ3n) is 4.79. The number of hydroxylamine groups is 2. The van der Waals surface area contributed by atoms with Gasteiger partial charge in [0, 0.05) is 31.2 Å². The summed E-state index contributed by atoms with van der Waals surface area (Å²) in [6.07, 6.45) is 4.67. The normalized spacial score (nSPS) is 17.4. The average Bonchev–Trinajstić information content (AvgIpc) is 2.94. The van der Waals surface area contributed by atoms with Gasteiger partial charge in [-0.1, -0.05) is 17.2 Å². The number of carbonyl (C=O) groups excluding carboxylic acids is 3. The molecule has 2 aliphatic heterocycles. The van der Waals surface area contributed by atoms with Gasteiger partial charge < -0.3 is 9.74 Å². The second kappa shape index (κ2) is 6.59. The van der Waals surface area contributed by atoms with Gasteiger partial charge in [-0.3, -0.25) is 14.6 Å². The molecule has 0 bridgehead atoms. The number of fused-ring (bicyclic) bond motifs is 1. The second-order valence-electron chi connectivity index (χ2n) is 6.33. The lowest BCUT2D eigenvalue weighted by molar-refractivity contribution is -0.174. The standard InChI is InChI=1S/C19H17N3O4/c23-17-15-3-1-2-4-16(15)18(24)22(17)26-19(25)13-7-11-21(12-8-13)14-5-9-20-10-6-14/h1-6,9-10,13H,7-8,11-12H2. The van der Waals surface area contributed by atoms with Crippen molar-refractivity contribution in [2.75, 3.05) is 18.0 Å². The molecule has 7 nitrogen and oxygen atoms in total. The van der Waals surface area contributed by atoms with E-state index in [1.54, 1.807) is 36.7 Å². The predicted octanol–water partition coefficient (Wildman–Crippen LogP) is 2.05. The molecule has 2 aromatic rings. The molecule has 0 unspecified atom stereocenters. The van der Waals surface area contributed by atoms with E-state index in [9.17, 15) is 14.4 Å². The van der Waals surface area contributed by atoms with Crippen LogP contribution in [-0.2, 0) is 9.63 Å². The van der Waals surface area contributed by atoms with Crippen LogP contribution in [0.1, 0.15) is 33.6 Å². The van der Waals surface area contributed by atoms with Crippen molar-refractivity contribution in [3.63, 3.8) is 0 Å². The maximum absolute atomic E-state index is 12.4. The summed E-state index contributed by atoms with van der Waals surface area (Å²) in [7, 11) is 0. The Bertz CT molecular complexity index is 825. The van der Waals surface area contributed by atoms with Crippen molar-refractivity contribution in [2.45, 2.75) is 12.8 Å². The summed E-state index contributed by atoms with van der Waals surface area (Å²) >= 11 is 0. The van der Waals surface area contributed by atoms with Gasteiger partial charge in [0.1, 0.15) is 0 Å². The number of carbonyl (C=O) groups is 3. The molecule has 1 fully saturated rings. The molecule has 2 amide bonds. The summed E-state index contributed by atoms with van der Waals surface area (Å²) in [6.45, 7) is 1.40. The highest BCUT2D eigenvalue weighted by Crippen LogP contribution is 2.26. The molecule has 26 heavy (non-hydrogen) atoms. The first-order valence-electron chi connectivity index (χ1n) is 8.50. The Morgan fingerprint density at radius 1 is 0.962 bits per heavy atom. The lowest BCUT2D eigenvalue weighted by Gasteiger charge is -2.32. The van der Waals surface area contributed by atoms with E-state index >= 15 is 0 Å². The summed E-state index contributed by atoms with van der Waals surface area (Å²) in [5.74, 6) is -2.05. The van der Waals surface area contributed by atoms with Gasteiger partial charge in [-0.2, -0.15) is 0 Å². The second-order valence-corrected chi connectivity index (χ2v) is 6.33. The van der Waals surface area contributed by atoms with Crippen LogP contribution in [-0.4, -0.2) is 40.9 Å². The number of aromatic nitrogens is 1. The molecule has 132 valence electrons. The third kappa shape index (κ3) is 2.81. The number of imide groups is 1. The molecule has 4 rings (SSSR count). The van der Waals surface area contributed by atoms with Crippen molar-refractivity contribution < 1.29 is 19.2 Å². The summed E-state index contributed by atoms with van der Waals surface area (Å²) in [5, 5.41) is 0.586. The average molecular weight is 351 g/mol. The minimum atomic E-state index is -0.590. The van der Waals surface area contributed by atoms with E-state index in [1.165, 1.54) is 0 Å². The molecule has 3 heterocycles. The summed E-state index contributed by atoms with van der Waals surface area (Å²) in [4.78, 5) is 48.3. The van der Waals surface area contributed by atoms with E-state index in [2.05, 4.69) is 9.88 Å². The molecule has 1 aromatic carbocycles. The zero-order chi connectivity index (χ0) is 18.1. The molecule has 0 atom stereocenters. The Balaban J connectivity index is 1.38. The Kier molecular flexibility index (Phi) is 4.12. The van der Waals surface area contributed by atoms with E-state index in [1.807, 2.05) is 12.1 Å². The van der Waals surface area contributed by atoms with Gasteiger partial charge in [0.05, 0.1) is 17.0 Å². The minimum Gasteiger partial charge on any atom is -0.371 e. The molecule has 7 heteroatoms. The van der Waals surface area contributed by atoms with E-state index in [0.29, 0.717) is 31.0 Å². The molecule has 0 N–H and O–H groups in total. The molecule has 1 saturated heterocycles. The number of nitrogens with zero attached hydrogens (tertiary/aromatic N) is 3. The van der Waals surface area contributed by atoms with Crippen molar-refractivity contribution in [3.05, 3.63) is 59.9 Å². The summed E-state index contributed by atoms with van der Waals surface area (Å²) in [5.41, 5.74) is 1.59. The van der Waals surface area contributed by atoms with Crippen LogP contribution in [0.25, 0.3) is 0 Å². The Hall–Kier alpha value is -3.22. The first-order chi connectivity index (χ1) is 12.6. The van der Waals surface area contributed by atoms with Gasteiger partial charge in [0.2, 0.25) is 0 Å². The van der Waals surface area contributed by atoms with Crippen molar-refractivity contribution in [1.82, 2.24) is 10.0 Å². The largest absolute Gasteiger partial charge is 0.371 e. The van der Waals surface area contributed by atoms with E-state index in [0.717, 1.165) is 5.69 Å². The van der Waals surface area contributed by atoms with Gasteiger partial charge in [-0.25, -0.2) is 4.79 Å². The molecule has 0 spiro atoms. The predicted molar refractivity (Wildman–Crippen MR) is 92.2 cm³/mol. The van der Waals surface area contributed by atoms with Gasteiger partial charge in [-0.05, 0) is 37.1 Å².